The molecule has 0 aliphatic heterocycles. The summed E-state index contributed by atoms with van der Waals surface area (Å²) in [4.78, 5) is 32.3. The summed E-state index contributed by atoms with van der Waals surface area (Å²) in [5, 5.41) is 14.5. The van der Waals surface area contributed by atoms with Crippen molar-refractivity contribution >= 4 is 39.7 Å². The van der Waals surface area contributed by atoms with Crippen LogP contribution < -0.4 is 10.8 Å². The Morgan fingerprint density at radius 1 is 1.13 bits per heavy atom. The Bertz CT molecular complexity index is 1250. The molecule has 9 nitrogen and oxygen atoms in total. The topological polar surface area (TPSA) is 118 Å². The van der Waals surface area contributed by atoms with Gasteiger partial charge in [0.15, 0.2) is 5.13 Å². The van der Waals surface area contributed by atoms with Gasteiger partial charge < -0.3 is 10.1 Å². The van der Waals surface area contributed by atoms with Crippen molar-refractivity contribution in [2.75, 3.05) is 12.4 Å². The third-order valence-corrected chi connectivity index (χ3v) is 5.23. The molecule has 10 heteroatoms. The van der Waals surface area contributed by atoms with Gasteiger partial charge in [-0.1, -0.05) is 0 Å². The highest BCUT2D eigenvalue weighted by atomic mass is 32.1. The van der Waals surface area contributed by atoms with Gasteiger partial charge in [-0.05, 0) is 43.3 Å². The highest BCUT2D eigenvalue weighted by Gasteiger charge is 2.16. The SMILES string of the molecule is COC(=O)c1ccn2c(-c3csc(Nc4ccc(C(=O)NO)cc4)n3)c(C)nc2c1. The van der Waals surface area contributed by atoms with Crippen molar-refractivity contribution in [3.8, 4) is 11.4 Å². The number of carbonyl (C=O) groups is 2. The maximum Gasteiger partial charge on any atom is 0.338 e. The summed E-state index contributed by atoms with van der Waals surface area (Å²) in [5.41, 5.74) is 6.12. The molecule has 0 radical (unpaired) electrons. The van der Waals surface area contributed by atoms with E-state index in [9.17, 15) is 9.59 Å². The van der Waals surface area contributed by atoms with Crippen LogP contribution in [0, 0.1) is 6.92 Å². The first kappa shape index (κ1) is 19.6. The highest BCUT2D eigenvalue weighted by Crippen LogP contribution is 2.30. The average Bonchev–Trinajstić information content (AvgIpc) is 3.35. The molecule has 3 aromatic heterocycles. The molecule has 4 aromatic rings. The molecule has 0 atom stereocenters. The van der Waals surface area contributed by atoms with E-state index in [4.69, 9.17) is 9.94 Å². The van der Waals surface area contributed by atoms with Crippen molar-refractivity contribution in [2.45, 2.75) is 6.92 Å². The number of hydrogen-bond donors (Lipinski definition) is 3. The predicted molar refractivity (Wildman–Crippen MR) is 111 cm³/mol. The van der Waals surface area contributed by atoms with E-state index >= 15 is 0 Å². The summed E-state index contributed by atoms with van der Waals surface area (Å²) in [7, 11) is 1.34. The van der Waals surface area contributed by atoms with Crippen LogP contribution in [0.4, 0.5) is 10.8 Å². The molecule has 4 rings (SSSR count). The standard InChI is InChI=1S/C20H17N5O4S/c1-11-17(25-8-7-13(19(27)29-2)9-16(25)21-11)15-10-30-20(23-15)22-14-5-3-12(4-6-14)18(26)24-28/h3-10,28H,1-2H3,(H,22,23)(H,24,26). The van der Waals surface area contributed by atoms with Crippen molar-refractivity contribution in [2.24, 2.45) is 0 Å². The maximum atomic E-state index is 11.8. The highest BCUT2D eigenvalue weighted by molar-refractivity contribution is 7.14. The van der Waals surface area contributed by atoms with Crippen LogP contribution in [0.1, 0.15) is 26.4 Å². The molecule has 0 unspecified atom stereocenters. The Labute approximate surface area is 174 Å². The van der Waals surface area contributed by atoms with Crippen LogP contribution in [0.3, 0.4) is 0 Å². The Morgan fingerprint density at radius 2 is 1.90 bits per heavy atom. The van der Waals surface area contributed by atoms with Crippen molar-refractivity contribution in [3.05, 3.63) is 64.8 Å². The summed E-state index contributed by atoms with van der Waals surface area (Å²) in [6.07, 6.45) is 1.77. The monoisotopic (exact) mass is 423 g/mol. The molecule has 0 aliphatic carbocycles. The number of ether oxygens (including phenoxy) is 1. The number of anilines is 2. The smallest absolute Gasteiger partial charge is 0.338 e. The van der Waals surface area contributed by atoms with Gasteiger partial charge in [0.25, 0.3) is 5.91 Å². The van der Waals surface area contributed by atoms with Gasteiger partial charge in [0.05, 0.1) is 24.1 Å². The number of carbonyl (C=O) groups excluding carboxylic acids is 2. The fourth-order valence-corrected chi connectivity index (χ4v) is 3.76. The summed E-state index contributed by atoms with van der Waals surface area (Å²) in [6.45, 7) is 1.89. The van der Waals surface area contributed by atoms with Crippen molar-refractivity contribution in [3.63, 3.8) is 0 Å². The van der Waals surface area contributed by atoms with Gasteiger partial charge in [0.2, 0.25) is 0 Å². The lowest BCUT2D eigenvalue weighted by Crippen LogP contribution is -2.18. The minimum atomic E-state index is -0.573. The first-order valence-electron chi connectivity index (χ1n) is 8.84. The zero-order valence-electron chi connectivity index (χ0n) is 16.0. The number of benzene rings is 1. The van der Waals surface area contributed by atoms with Gasteiger partial charge in [-0.15, -0.1) is 11.3 Å². The van der Waals surface area contributed by atoms with E-state index in [1.807, 2.05) is 16.7 Å². The Morgan fingerprint density at radius 3 is 2.60 bits per heavy atom. The molecule has 3 N–H and O–H groups in total. The van der Waals surface area contributed by atoms with Crippen molar-refractivity contribution < 1.29 is 19.5 Å². The van der Waals surface area contributed by atoms with Crippen LogP contribution in [-0.4, -0.2) is 38.6 Å². The zero-order chi connectivity index (χ0) is 21.3. The number of hydrogen-bond acceptors (Lipinski definition) is 8. The van der Waals surface area contributed by atoms with E-state index in [0.717, 1.165) is 22.8 Å². The number of nitrogens with zero attached hydrogens (tertiary/aromatic N) is 3. The minimum absolute atomic E-state index is 0.343. The molecule has 0 saturated carbocycles. The summed E-state index contributed by atoms with van der Waals surface area (Å²) < 4.78 is 6.64. The first-order valence-corrected chi connectivity index (χ1v) is 9.72. The number of thiazole rings is 1. The summed E-state index contributed by atoms with van der Waals surface area (Å²) >= 11 is 1.43. The van der Waals surface area contributed by atoms with Crippen LogP contribution in [0.15, 0.2) is 48.0 Å². The van der Waals surface area contributed by atoms with E-state index in [2.05, 4.69) is 15.3 Å². The largest absolute Gasteiger partial charge is 0.465 e. The number of pyridine rings is 1. The van der Waals surface area contributed by atoms with Crippen LogP contribution >= 0.6 is 11.3 Å². The maximum absolute atomic E-state index is 11.8. The van der Waals surface area contributed by atoms with Crippen molar-refractivity contribution in [1.82, 2.24) is 19.8 Å². The number of aromatic nitrogens is 3. The van der Waals surface area contributed by atoms with Gasteiger partial charge in [-0.25, -0.2) is 20.2 Å². The van der Waals surface area contributed by atoms with E-state index in [0.29, 0.717) is 21.9 Å². The number of aryl methyl sites for hydroxylation is 1. The molecule has 30 heavy (non-hydrogen) atoms. The molecule has 0 saturated heterocycles. The molecular formula is C20H17N5O4S. The minimum Gasteiger partial charge on any atom is -0.465 e. The predicted octanol–water partition coefficient (Wildman–Crippen LogP) is 3.42. The normalized spacial score (nSPS) is 10.8. The summed E-state index contributed by atoms with van der Waals surface area (Å²) in [6, 6.07) is 9.99. The Kier molecular flexibility index (Phi) is 5.17. The Balaban J connectivity index is 1.61. The molecule has 1 aromatic carbocycles. The van der Waals surface area contributed by atoms with E-state index < -0.39 is 11.9 Å². The number of nitrogens with one attached hydrogen (secondary N) is 2. The third kappa shape index (κ3) is 3.61. The van der Waals surface area contributed by atoms with Crippen LogP contribution in [0.25, 0.3) is 17.0 Å². The van der Waals surface area contributed by atoms with E-state index in [1.165, 1.54) is 18.4 Å². The molecule has 0 spiro atoms. The first-order chi connectivity index (χ1) is 14.5. The zero-order valence-corrected chi connectivity index (χ0v) is 16.9. The number of fused-ring (bicyclic) bond motifs is 1. The second-order valence-corrected chi connectivity index (χ2v) is 7.22. The van der Waals surface area contributed by atoms with E-state index in [1.54, 1.807) is 48.1 Å². The second kappa shape index (κ2) is 7.93. The van der Waals surface area contributed by atoms with Gasteiger partial charge in [0, 0.05) is 22.8 Å². The number of esters is 1. The van der Waals surface area contributed by atoms with Gasteiger partial charge in [-0.2, -0.15) is 0 Å². The molecule has 0 bridgehead atoms. The quantitative estimate of drug-likeness (QED) is 0.256. The lowest BCUT2D eigenvalue weighted by molar-refractivity contribution is 0.0600. The second-order valence-electron chi connectivity index (χ2n) is 6.36. The van der Waals surface area contributed by atoms with Gasteiger partial charge in [0.1, 0.15) is 11.3 Å². The van der Waals surface area contributed by atoms with Crippen LogP contribution in [0.2, 0.25) is 0 Å². The van der Waals surface area contributed by atoms with Crippen LogP contribution in [-0.2, 0) is 4.74 Å². The van der Waals surface area contributed by atoms with E-state index in [-0.39, 0.29) is 0 Å². The molecular weight excluding hydrogens is 406 g/mol. The number of amides is 1. The average molecular weight is 423 g/mol. The number of imidazole rings is 1. The molecule has 152 valence electrons. The van der Waals surface area contributed by atoms with Gasteiger partial charge in [-0.3, -0.25) is 14.4 Å². The summed E-state index contributed by atoms with van der Waals surface area (Å²) in [5.74, 6) is -0.987. The van der Waals surface area contributed by atoms with Gasteiger partial charge >= 0.3 is 5.97 Å². The molecule has 3 heterocycles. The molecule has 1 amide bonds. The molecule has 0 aliphatic rings. The number of methoxy groups -OCH3 is 1. The van der Waals surface area contributed by atoms with Crippen molar-refractivity contribution in [1.29, 1.82) is 0 Å². The lowest BCUT2D eigenvalue weighted by Gasteiger charge is -2.04. The Hall–Kier alpha value is -3.76. The lowest BCUT2D eigenvalue weighted by atomic mass is 10.2. The third-order valence-electron chi connectivity index (χ3n) is 4.47. The van der Waals surface area contributed by atoms with Crippen LogP contribution in [0.5, 0.6) is 0 Å². The number of hydroxylamine groups is 1. The fourth-order valence-electron chi connectivity index (χ4n) is 3.05. The fraction of sp³-hybridized carbons (Fsp3) is 0.100. The molecule has 0 fully saturated rings. The number of rotatable bonds is 5.